The standard InChI is InChI=1S/C4H9ClSi.C3H6Cl2Si/c1-4-6(2,3)5;1-2-3-6(4)5/h4H,1H2,2-3H3;2,6H,1,3H2. The van der Waals surface area contributed by atoms with E-state index in [1.165, 1.54) is 0 Å². The third-order valence-corrected chi connectivity index (χ3v) is 4.02. The second-order valence-corrected chi connectivity index (χ2v) is 14.2. The lowest BCUT2D eigenvalue weighted by molar-refractivity contribution is 1.74. The van der Waals surface area contributed by atoms with Gasteiger partial charge in [-0.1, -0.05) is 24.9 Å². The van der Waals surface area contributed by atoms with Gasteiger partial charge >= 0.3 is 0 Å². The molecule has 0 aliphatic carbocycles. The molecule has 0 spiro atoms. The topological polar surface area (TPSA) is 0 Å². The van der Waals surface area contributed by atoms with Crippen molar-refractivity contribution in [2.24, 2.45) is 0 Å². The van der Waals surface area contributed by atoms with Gasteiger partial charge in [0.1, 0.15) is 0 Å². The first-order valence-corrected chi connectivity index (χ1v) is 11.9. The molecule has 0 aromatic carbocycles. The SMILES string of the molecule is C=CC[SiH](Cl)Cl.C=C[Si](C)(C)Cl. The molecule has 0 nitrogen and oxygen atoms in total. The maximum absolute atomic E-state index is 5.74. The molecule has 72 valence electrons. The van der Waals surface area contributed by atoms with E-state index in [0.29, 0.717) is 0 Å². The number of hydrogen-bond acceptors (Lipinski definition) is 0. The van der Waals surface area contributed by atoms with Gasteiger partial charge in [0.15, 0.2) is 7.38 Å². The molecule has 0 N–H and O–H groups in total. The van der Waals surface area contributed by atoms with Crippen LogP contribution in [0.3, 0.4) is 0 Å². The van der Waals surface area contributed by atoms with Gasteiger partial charge in [0.25, 0.3) is 0 Å². The van der Waals surface area contributed by atoms with E-state index in [0.717, 1.165) is 6.04 Å². The third-order valence-electron chi connectivity index (χ3n) is 0.830. The van der Waals surface area contributed by atoms with E-state index in [9.17, 15) is 0 Å². The minimum atomic E-state index is -1.40. The van der Waals surface area contributed by atoms with Crippen molar-refractivity contribution < 1.29 is 0 Å². The predicted octanol–water partition coefficient (Wildman–Crippen LogP) is 4.03. The Balaban J connectivity index is 0. The fourth-order valence-corrected chi connectivity index (χ4v) is 1.13. The van der Waals surface area contributed by atoms with E-state index in [2.05, 4.69) is 13.2 Å². The Hall–Kier alpha value is 0.784. The van der Waals surface area contributed by atoms with Crippen molar-refractivity contribution in [3.63, 3.8) is 0 Å². The van der Waals surface area contributed by atoms with Crippen LogP contribution in [0.5, 0.6) is 0 Å². The van der Waals surface area contributed by atoms with Gasteiger partial charge in [-0.2, -0.15) is 33.2 Å². The van der Waals surface area contributed by atoms with Crippen molar-refractivity contribution in [1.82, 2.24) is 0 Å². The van der Waals surface area contributed by atoms with E-state index in [4.69, 9.17) is 33.2 Å². The molecule has 0 radical (unpaired) electrons. The molecule has 0 heterocycles. The van der Waals surface area contributed by atoms with Crippen molar-refractivity contribution in [3.8, 4) is 0 Å². The minimum Gasteiger partial charge on any atom is -0.162 e. The molecular formula is C7H15Cl3Si2. The second-order valence-electron chi connectivity index (χ2n) is 2.68. The monoisotopic (exact) mass is 260 g/mol. The van der Waals surface area contributed by atoms with Crippen LogP contribution in [-0.4, -0.2) is 14.8 Å². The molecule has 12 heavy (non-hydrogen) atoms. The Morgan fingerprint density at radius 2 is 1.67 bits per heavy atom. The van der Waals surface area contributed by atoms with E-state index in [1.54, 1.807) is 6.08 Å². The normalized spacial score (nSPS) is 10.2. The summed E-state index contributed by atoms with van der Waals surface area (Å²) in [4.78, 5) is 0. The molecule has 0 rings (SSSR count). The number of allylic oxidation sites excluding steroid dienone is 1. The van der Waals surface area contributed by atoms with Crippen LogP contribution in [0.1, 0.15) is 0 Å². The van der Waals surface area contributed by atoms with Gasteiger partial charge in [-0.15, -0.1) is 13.2 Å². The zero-order valence-corrected chi connectivity index (χ0v) is 11.9. The zero-order valence-electron chi connectivity index (χ0n) is 7.49. The summed E-state index contributed by atoms with van der Waals surface area (Å²) in [6, 6.07) is 0.809. The highest BCUT2D eigenvalue weighted by molar-refractivity contribution is 7.33. The lowest BCUT2D eigenvalue weighted by Crippen LogP contribution is -2.10. The van der Waals surface area contributed by atoms with Crippen LogP contribution in [0.25, 0.3) is 0 Å². The summed E-state index contributed by atoms with van der Waals surface area (Å²) in [5, 5.41) is 0. The summed E-state index contributed by atoms with van der Waals surface area (Å²) in [6.45, 7) is 11.1. The molecule has 0 aliphatic rings. The Bertz CT molecular complexity index is 129. The highest BCUT2D eigenvalue weighted by atomic mass is 35.7. The smallest absolute Gasteiger partial charge is 0.162 e. The molecule has 0 amide bonds. The zero-order chi connectivity index (χ0) is 10.2. The average molecular weight is 262 g/mol. The highest BCUT2D eigenvalue weighted by Gasteiger charge is 2.08. The van der Waals surface area contributed by atoms with Crippen molar-refractivity contribution in [2.75, 3.05) is 0 Å². The fourth-order valence-electron chi connectivity index (χ4n) is 0.126. The predicted molar refractivity (Wildman–Crippen MR) is 67.4 cm³/mol. The number of hydrogen-bond donors (Lipinski definition) is 0. The first-order valence-electron chi connectivity index (χ1n) is 3.55. The summed E-state index contributed by atoms with van der Waals surface area (Å²) < 4.78 is 0. The lowest BCUT2D eigenvalue weighted by atomic mass is 10.8. The average Bonchev–Trinajstić information content (AvgIpc) is 1.87. The van der Waals surface area contributed by atoms with E-state index in [1.807, 2.05) is 18.8 Å². The van der Waals surface area contributed by atoms with Gasteiger partial charge in [-0.05, 0) is 6.04 Å². The van der Waals surface area contributed by atoms with Crippen LogP contribution < -0.4 is 0 Å². The van der Waals surface area contributed by atoms with Gasteiger partial charge < -0.3 is 0 Å². The lowest BCUT2D eigenvalue weighted by Gasteiger charge is -2.00. The van der Waals surface area contributed by atoms with E-state index in [-0.39, 0.29) is 0 Å². The molecule has 5 heteroatoms. The van der Waals surface area contributed by atoms with Crippen LogP contribution in [-0.2, 0) is 0 Å². The maximum atomic E-state index is 5.74. The van der Waals surface area contributed by atoms with Gasteiger partial charge in [0, 0.05) is 0 Å². The minimum absolute atomic E-state index is 0.809. The van der Waals surface area contributed by atoms with Crippen molar-refractivity contribution >= 4 is 48.0 Å². The molecular weight excluding hydrogens is 247 g/mol. The third kappa shape index (κ3) is 22.4. The molecule has 0 fully saturated rings. The van der Waals surface area contributed by atoms with E-state index >= 15 is 0 Å². The maximum Gasteiger partial charge on any atom is 0.240 e. The summed E-state index contributed by atoms with van der Waals surface area (Å²) in [5.74, 6) is 0. The molecule has 0 aromatic heterocycles. The molecule has 0 aromatic rings. The number of halogens is 3. The Labute approximate surface area is 91.9 Å². The van der Waals surface area contributed by atoms with Crippen LogP contribution in [0.4, 0.5) is 0 Å². The Morgan fingerprint density at radius 1 is 1.33 bits per heavy atom. The van der Waals surface area contributed by atoms with Gasteiger partial charge in [0.2, 0.25) is 7.42 Å². The Kier molecular flexibility index (Phi) is 10.7. The molecule has 0 bridgehead atoms. The molecule has 0 atom stereocenters. The van der Waals surface area contributed by atoms with Crippen LogP contribution in [0, 0.1) is 0 Å². The van der Waals surface area contributed by atoms with Crippen molar-refractivity contribution in [1.29, 1.82) is 0 Å². The van der Waals surface area contributed by atoms with Crippen LogP contribution in [0.15, 0.2) is 24.9 Å². The molecule has 0 saturated carbocycles. The highest BCUT2D eigenvalue weighted by Crippen LogP contribution is 2.06. The summed E-state index contributed by atoms with van der Waals surface area (Å²) in [6.07, 6.45) is 1.75. The van der Waals surface area contributed by atoms with Crippen LogP contribution in [0.2, 0.25) is 19.1 Å². The first kappa shape index (κ1) is 15.3. The second kappa shape index (κ2) is 8.39. The largest absolute Gasteiger partial charge is 0.240 e. The summed E-state index contributed by atoms with van der Waals surface area (Å²) in [7, 11) is -2.74. The van der Waals surface area contributed by atoms with Gasteiger partial charge in [-0.25, -0.2) is 0 Å². The summed E-state index contributed by atoms with van der Waals surface area (Å²) in [5.41, 5.74) is 1.84. The van der Waals surface area contributed by atoms with Crippen molar-refractivity contribution in [3.05, 3.63) is 24.9 Å². The van der Waals surface area contributed by atoms with Crippen molar-refractivity contribution in [2.45, 2.75) is 19.1 Å². The molecule has 0 aliphatic heterocycles. The fraction of sp³-hybridized carbons (Fsp3) is 0.429. The Morgan fingerprint density at radius 3 is 1.67 bits per heavy atom. The quantitative estimate of drug-likeness (QED) is 0.409. The van der Waals surface area contributed by atoms with Crippen LogP contribution >= 0.6 is 33.2 Å². The summed E-state index contributed by atoms with van der Waals surface area (Å²) >= 11 is 16.6. The first-order chi connectivity index (χ1) is 5.33. The molecule has 0 saturated heterocycles. The number of rotatable bonds is 3. The van der Waals surface area contributed by atoms with Gasteiger partial charge in [-0.3, -0.25) is 0 Å². The van der Waals surface area contributed by atoms with Gasteiger partial charge in [0.05, 0.1) is 0 Å². The van der Waals surface area contributed by atoms with E-state index < -0.39 is 14.8 Å². The molecule has 0 unspecified atom stereocenters.